The van der Waals surface area contributed by atoms with E-state index < -0.39 is 0 Å². The highest BCUT2D eigenvalue weighted by Crippen LogP contribution is 2.34. The van der Waals surface area contributed by atoms with Crippen LogP contribution < -0.4 is 0 Å². The molecule has 76 valence electrons. The largest absolute Gasteiger partial charge is 0.295 e. The van der Waals surface area contributed by atoms with E-state index in [1.165, 1.54) is 19.5 Å². The SMILES string of the molecule is CC(C)N1CCC2C1CN2C(C)C. The van der Waals surface area contributed by atoms with Crippen molar-refractivity contribution in [3.05, 3.63) is 0 Å². The molecule has 2 atom stereocenters. The molecule has 2 unspecified atom stereocenters. The molecule has 0 aromatic rings. The molecule has 2 aliphatic rings. The zero-order valence-electron chi connectivity index (χ0n) is 9.33. The van der Waals surface area contributed by atoms with Crippen LogP contribution in [0.15, 0.2) is 0 Å². The number of hydrogen-bond acceptors (Lipinski definition) is 2. The van der Waals surface area contributed by atoms with Crippen LogP contribution in [0.3, 0.4) is 0 Å². The van der Waals surface area contributed by atoms with Gasteiger partial charge in [0.05, 0.1) is 0 Å². The van der Waals surface area contributed by atoms with Crippen LogP contribution in [0.5, 0.6) is 0 Å². The average Bonchev–Trinajstić information content (AvgIpc) is 2.27. The minimum Gasteiger partial charge on any atom is -0.295 e. The predicted octanol–water partition coefficient (Wildman–Crippen LogP) is 1.56. The highest BCUT2D eigenvalue weighted by molar-refractivity contribution is 5.05. The third kappa shape index (κ3) is 1.40. The van der Waals surface area contributed by atoms with E-state index >= 15 is 0 Å². The predicted molar refractivity (Wildman–Crippen MR) is 55.9 cm³/mol. The second-order valence-corrected chi connectivity index (χ2v) is 5.05. The summed E-state index contributed by atoms with van der Waals surface area (Å²) >= 11 is 0. The van der Waals surface area contributed by atoms with Gasteiger partial charge in [-0.1, -0.05) is 0 Å². The summed E-state index contributed by atoms with van der Waals surface area (Å²) < 4.78 is 0. The Hall–Kier alpha value is -0.0800. The standard InChI is InChI=1S/C11H22N2/c1-8(2)12-6-5-10-11(12)7-13(10)9(3)4/h8-11H,5-7H2,1-4H3. The summed E-state index contributed by atoms with van der Waals surface area (Å²) in [5.41, 5.74) is 0. The Bertz CT molecular complexity index is 189. The Morgan fingerprint density at radius 2 is 1.54 bits per heavy atom. The van der Waals surface area contributed by atoms with Crippen molar-refractivity contribution in [1.82, 2.24) is 9.80 Å². The molecular formula is C11H22N2. The van der Waals surface area contributed by atoms with E-state index in [0.717, 1.165) is 24.2 Å². The van der Waals surface area contributed by atoms with Gasteiger partial charge in [-0.2, -0.15) is 0 Å². The number of rotatable bonds is 2. The van der Waals surface area contributed by atoms with Crippen LogP contribution in [-0.2, 0) is 0 Å². The van der Waals surface area contributed by atoms with Crippen LogP contribution in [0.1, 0.15) is 34.1 Å². The third-order valence-corrected chi connectivity index (χ3v) is 3.70. The summed E-state index contributed by atoms with van der Waals surface area (Å²) in [6, 6.07) is 3.24. The normalized spacial score (nSPS) is 35.5. The molecule has 2 aliphatic heterocycles. The zero-order chi connectivity index (χ0) is 9.59. The first kappa shape index (κ1) is 9.47. The first-order valence-electron chi connectivity index (χ1n) is 5.62. The van der Waals surface area contributed by atoms with Gasteiger partial charge in [-0.05, 0) is 34.1 Å². The van der Waals surface area contributed by atoms with Crippen LogP contribution in [-0.4, -0.2) is 47.1 Å². The maximum atomic E-state index is 2.67. The smallest absolute Gasteiger partial charge is 0.0382 e. The Morgan fingerprint density at radius 3 is 2.08 bits per heavy atom. The summed E-state index contributed by atoms with van der Waals surface area (Å²) in [6.45, 7) is 11.9. The molecule has 2 heteroatoms. The van der Waals surface area contributed by atoms with E-state index in [4.69, 9.17) is 0 Å². The number of likely N-dealkylation sites (tertiary alicyclic amines) is 2. The van der Waals surface area contributed by atoms with Crippen molar-refractivity contribution < 1.29 is 0 Å². The molecular weight excluding hydrogens is 160 g/mol. The van der Waals surface area contributed by atoms with Gasteiger partial charge in [-0.3, -0.25) is 9.80 Å². The van der Waals surface area contributed by atoms with Crippen LogP contribution in [0, 0.1) is 0 Å². The maximum Gasteiger partial charge on any atom is 0.0382 e. The lowest BCUT2D eigenvalue weighted by Gasteiger charge is -2.50. The molecule has 0 spiro atoms. The molecule has 13 heavy (non-hydrogen) atoms. The van der Waals surface area contributed by atoms with Crippen molar-refractivity contribution in [1.29, 1.82) is 0 Å². The van der Waals surface area contributed by atoms with Crippen molar-refractivity contribution >= 4 is 0 Å². The molecule has 0 aromatic heterocycles. The highest BCUT2D eigenvalue weighted by atomic mass is 15.4. The molecule has 0 N–H and O–H groups in total. The van der Waals surface area contributed by atoms with Gasteiger partial charge in [-0.15, -0.1) is 0 Å². The fourth-order valence-electron chi connectivity index (χ4n) is 2.92. The van der Waals surface area contributed by atoms with Crippen molar-refractivity contribution in [2.45, 2.75) is 58.3 Å². The van der Waals surface area contributed by atoms with E-state index in [1.54, 1.807) is 0 Å². The summed E-state index contributed by atoms with van der Waals surface area (Å²) in [4.78, 5) is 5.32. The molecule has 0 aliphatic carbocycles. The van der Waals surface area contributed by atoms with Gasteiger partial charge in [0.1, 0.15) is 0 Å². The van der Waals surface area contributed by atoms with E-state index in [2.05, 4.69) is 37.5 Å². The van der Waals surface area contributed by atoms with E-state index in [0.29, 0.717) is 0 Å². The molecule has 2 heterocycles. The third-order valence-electron chi connectivity index (χ3n) is 3.70. The monoisotopic (exact) mass is 182 g/mol. The molecule has 2 saturated heterocycles. The van der Waals surface area contributed by atoms with Crippen molar-refractivity contribution in [2.75, 3.05) is 13.1 Å². The molecule has 0 aromatic carbocycles. The maximum absolute atomic E-state index is 2.67. The Labute approximate surface area is 81.9 Å². The lowest BCUT2D eigenvalue weighted by Crippen LogP contribution is -2.64. The molecule has 2 nitrogen and oxygen atoms in total. The lowest BCUT2D eigenvalue weighted by molar-refractivity contribution is -0.0102. The Morgan fingerprint density at radius 1 is 0.923 bits per heavy atom. The number of hydrogen-bond donors (Lipinski definition) is 0. The minimum atomic E-state index is 0.740. The molecule has 2 rings (SSSR count). The number of fused-ring (bicyclic) bond motifs is 1. The second kappa shape index (κ2) is 3.25. The summed E-state index contributed by atoms with van der Waals surface area (Å²) in [5.74, 6) is 0. The molecule has 0 amide bonds. The van der Waals surface area contributed by atoms with Crippen molar-refractivity contribution in [3.63, 3.8) is 0 Å². The fraction of sp³-hybridized carbons (Fsp3) is 1.00. The average molecular weight is 182 g/mol. The molecule has 0 saturated carbocycles. The van der Waals surface area contributed by atoms with Crippen LogP contribution in [0.4, 0.5) is 0 Å². The molecule has 0 bridgehead atoms. The Balaban J connectivity index is 1.95. The first-order chi connectivity index (χ1) is 6.11. The van der Waals surface area contributed by atoms with Gasteiger partial charge in [-0.25, -0.2) is 0 Å². The van der Waals surface area contributed by atoms with Crippen molar-refractivity contribution in [2.24, 2.45) is 0 Å². The van der Waals surface area contributed by atoms with E-state index in [9.17, 15) is 0 Å². The summed E-state index contributed by atoms with van der Waals surface area (Å²) in [7, 11) is 0. The van der Waals surface area contributed by atoms with Crippen LogP contribution in [0.2, 0.25) is 0 Å². The van der Waals surface area contributed by atoms with Gasteiger partial charge >= 0.3 is 0 Å². The van der Waals surface area contributed by atoms with Crippen LogP contribution in [0.25, 0.3) is 0 Å². The van der Waals surface area contributed by atoms with Gasteiger partial charge in [0.15, 0.2) is 0 Å². The lowest BCUT2D eigenvalue weighted by atomic mass is 9.95. The van der Waals surface area contributed by atoms with Gasteiger partial charge in [0.2, 0.25) is 0 Å². The quantitative estimate of drug-likeness (QED) is 0.639. The van der Waals surface area contributed by atoms with Gasteiger partial charge in [0.25, 0.3) is 0 Å². The summed E-state index contributed by atoms with van der Waals surface area (Å²) in [6.07, 6.45) is 1.39. The fourth-order valence-corrected chi connectivity index (χ4v) is 2.92. The summed E-state index contributed by atoms with van der Waals surface area (Å²) in [5, 5.41) is 0. The minimum absolute atomic E-state index is 0.740. The van der Waals surface area contributed by atoms with E-state index in [1.807, 2.05) is 0 Å². The van der Waals surface area contributed by atoms with Crippen LogP contribution >= 0.6 is 0 Å². The van der Waals surface area contributed by atoms with Gasteiger partial charge in [0, 0.05) is 37.3 Å². The molecule has 2 fully saturated rings. The van der Waals surface area contributed by atoms with Crippen molar-refractivity contribution in [3.8, 4) is 0 Å². The van der Waals surface area contributed by atoms with E-state index in [-0.39, 0.29) is 0 Å². The number of nitrogens with zero attached hydrogens (tertiary/aromatic N) is 2. The molecule has 0 radical (unpaired) electrons. The second-order valence-electron chi connectivity index (χ2n) is 5.05. The first-order valence-corrected chi connectivity index (χ1v) is 5.62. The van der Waals surface area contributed by atoms with Gasteiger partial charge < -0.3 is 0 Å². The Kier molecular flexibility index (Phi) is 2.37. The zero-order valence-corrected chi connectivity index (χ0v) is 9.33. The highest BCUT2D eigenvalue weighted by Gasteiger charge is 2.47. The topological polar surface area (TPSA) is 6.48 Å².